The van der Waals surface area contributed by atoms with Crippen LogP contribution >= 0.6 is 7.92 Å². The van der Waals surface area contributed by atoms with Gasteiger partial charge in [0.05, 0.1) is 0 Å². The van der Waals surface area contributed by atoms with Gasteiger partial charge in [0.15, 0.2) is 0 Å². The van der Waals surface area contributed by atoms with E-state index in [9.17, 15) is 0 Å². The van der Waals surface area contributed by atoms with Crippen LogP contribution in [0.4, 0.5) is 0 Å². The molecule has 0 nitrogen and oxygen atoms in total. The van der Waals surface area contributed by atoms with E-state index in [0.29, 0.717) is 0 Å². The van der Waals surface area contributed by atoms with Gasteiger partial charge in [-0.3, -0.25) is 0 Å². The minimum Gasteiger partial charge on any atom is -0.0616 e. The minimum atomic E-state index is -0.784. The maximum Gasteiger partial charge on any atom is -0.00155 e. The summed E-state index contributed by atoms with van der Waals surface area (Å²) in [7, 11) is -0.784. The highest BCUT2D eigenvalue weighted by Gasteiger charge is 2.24. The molecule has 0 N–H and O–H groups in total. The molecule has 0 saturated carbocycles. The predicted octanol–water partition coefficient (Wildman–Crippen LogP) is 8.65. The highest BCUT2D eigenvalue weighted by atomic mass is 31.1. The van der Waals surface area contributed by atoms with E-state index in [-0.39, 0.29) is 0 Å². The van der Waals surface area contributed by atoms with Crippen molar-refractivity contribution in [1.29, 1.82) is 0 Å². The molecule has 0 atom stereocenters. The molecule has 0 fully saturated rings. The summed E-state index contributed by atoms with van der Waals surface area (Å²) in [5.41, 5.74) is 7.95. The summed E-state index contributed by atoms with van der Waals surface area (Å²) in [6.07, 6.45) is 0. The molecule has 0 unspecified atom stereocenters. The Bertz CT molecular complexity index is 1680. The summed E-state index contributed by atoms with van der Waals surface area (Å²) < 4.78 is 0. The Morgan fingerprint density at radius 1 is 0.432 bits per heavy atom. The lowest BCUT2D eigenvalue weighted by Crippen LogP contribution is -2.23. The van der Waals surface area contributed by atoms with Gasteiger partial charge in [0, 0.05) is 0 Å². The lowest BCUT2D eigenvalue weighted by atomic mass is 9.94. The molecular weight excluding hydrogens is 463 g/mol. The van der Waals surface area contributed by atoms with Gasteiger partial charge in [-0.25, -0.2) is 0 Å². The van der Waals surface area contributed by atoms with Crippen molar-refractivity contribution >= 4 is 45.4 Å². The molecule has 0 aliphatic rings. The Morgan fingerprint density at radius 3 is 1.51 bits per heavy atom. The molecule has 6 aromatic carbocycles. The smallest absolute Gasteiger partial charge is 0.00155 e. The topological polar surface area (TPSA) is 0 Å². The number of hydrogen-bond acceptors (Lipinski definition) is 0. The maximum absolute atomic E-state index is 2.40. The summed E-state index contributed by atoms with van der Waals surface area (Å²) in [5, 5.41) is 9.42. The fourth-order valence-electron chi connectivity index (χ4n) is 5.76. The third-order valence-electron chi connectivity index (χ3n) is 7.14. The van der Waals surface area contributed by atoms with Crippen molar-refractivity contribution in [3.05, 3.63) is 138 Å². The van der Waals surface area contributed by atoms with E-state index in [1.807, 2.05) is 0 Å². The Labute approximate surface area is 221 Å². The first-order valence-corrected chi connectivity index (χ1v) is 14.3. The average Bonchev–Trinajstić information content (AvgIpc) is 2.87. The predicted molar refractivity (Wildman–Crippen MR) is 165 cm³/mol. The van der Waals surface area contributed by atoms with Crippen molar-refractivity contribution in [3.63, 3.8) is 0 Å². The van der Waals surface area contributed by atoms with Crippen LogP contribution in [0, 0.1) is 27.7 Å². The third-order valence-corrected chi connectivity index (χ3v) is 9.54. The Hall–Kier alpha value is -3.73. The molecule has 37 heavy (non-hydrogen) atoms. The number of benzene rings is 6. The standard InChI is InChI=1S/C36H31P/c1-24-18-25(2)21-30(20-24)37(31-22-26(3)19-27(4)23-31)35-17-16-29-11-6-8-14-33(29)36(35)34-15-9-12-28-10-5-7-13-32(28)34/h5-23H,1-4H3. The molecular formula is C36H31P. The van der Waals surface area contributed by atoms with Crippen molar-refractivity contribution in [2.75, 3.05) is 0 Å². The summed E-state index contributed by atoms with van der Waals surface area (Å²) in [5.74, 6) is 0. The zero-order valence-electron chi connectivity index (χ0n) is 21.9. The van der Waals surface area contributed by atoms with Gasteiger partial charge in [-0.1, -0.05) is 138 Å². The van der Waals surface area contributed by atoms with Crippen LogP contribution in [0.2, 0.25) is 0 Å². The highest BCUT2D eigenvalue weighted by Crippen LogP contribution is 2.42. The maximum atomic E-state index is 2.40. The van der Waals surface area contributed by atoms with Crippen LogP contribution in [-0.4, -0.2) is 0 Å². The molecule has 6 aromatic rings. The lowest BCUT2D eigenvalue weighted by Gasteiger charge is -2.26. The van der Waals surface area contributed by atoms with Gasteiger partial charge in [0.25, 0.3) is 0 Å². The van der Waals surface area contributed by atoms with Crippen LogP contribution in [0.1, 0.15) is 22.3 Å². The van der Waals surface area contributed by atoms with Crippen LogP contribution in [0.3, 0.4) is 0 Å². The fourth-order valence-corrected chi connectivity index (χ4v) is 8.63. The molecule has 0 saturated heterocycles. The van der Waals surface area contributed by atoms with E-state index in [2.05, 4.69) is 143 Å². The molecule has 0 aliphatic carbocycles. The number of aryl methyl sites for hydroxylation is 4. The summed E-state index contributed by atoms with van der Waals surface area (Å²) in [4.78, 5) is 0. The van der Waals surface area contributed by atoms with E-state index < -0.39 is 7.92 Å². The molecule has 180 valence electrons. The van der Waals surface area contributed by atoms with Gasteiger partial charge in [-0.2, -0.15) is 0 Å². The van der Waals surface area contributed by atoms with E-state index in [0.717, 1.165) is 0 Å². The first kappa shape index (κ1) is 23.7. The van der Waals surface area contributed by atoms with Crippen LogP contribution in [0.5, 0.6) is 0 Å². The van der Waals surface area contributed by atoms with Crippen LogP contribution in [0.15, 0.2) is 115 Å². The molecule has 0 amide bonds. The molecule has 0 bridgehead atoms. The Kier molecular flexibility index (Phi) is 6.15. The fraction of sp³-hybridized carbons (Fsp3) is 0.111. The monoisotopic (exact) mass is 494 g/mol. The zero-order valence-corrected chi connectivity index (χ0v) is 22.8. The quantitative estimate of drug-likeness (QED) is 0.215. The molecule has 6 rings (SSSR count). The van der Waals surface area contributed by atoms with Crippen LogP contribution in [0.25, 0.3) is 32.7 Å². The number of hydrogen-bond donors (Lipinski definition) is 0. The number of rotatable bonds is 4. The first-order chi connectivity index (χ1) is 18.0. The van der Waals surface area contributed by atoms with Crippen molar-refractivity contribution in [2.45, 2.75) is 27.7 Å². The normalized spacial score (nSPS) is 11.5. The second-order valence-electron chi connectivity index (χ2n) is 10.2. The van der Waals surface area contributed by atoms with Crippen molar-refractivity contribution in [1.82, 2.24) is 0 Å². The van der Waals surface area contributed by atoms with E-state index in [4.69, 9.17) is 0 Å². The molecule has 0 spiro atoms. The number of fused-ring (bicyclic) bond motifs is 2. The third kappa shape index (κ3) is 4.48. The van der Waals surface area contributed by atoms with Crippen molar-refractivity contribution < 1.29 is 0 Å². The van der Waals surface area contributed by atoms with Gasteiger partial charge in [-0.05, 0) is 84.2 Å². The van der Waals surface area contributed by atoms with Crippen molar-refractivity contribution in [3.8, 4) is 11.1 Å². The van der Waals surface area contributed by atoms with Gasteiger partial charge in [-0.15, -0.1) is 0 Å². The van der Waals surface area contributed by atoms with Crippen LogP contribution < -0.4 is 15.9 Å². The molecule has 0 radical (unpaired) electrons. The van der Waals surface area contributed by atoms with Crippen LogP contribution in [-0.2, 0) is 0 Å². The van der Waals surface area contributed by atoms with Gasteiger partial charge >= 0.3 is 0 Å². The summed E-state index contributed by atoms with van der Waals surface area (Å²) >= 11 is 0. The SMILES string of the molecule is Cc1cc(C)cc(P(c2cc(C)cc(C)c2)c2ccc3ccccc3c2-c2cccc3ccccc23)c1. The highest BCUT2D eigenvalue weighted by molar-refractivity contribution is 7.80. The second kappa shape index (κ2) is 9.62. The van der Waals surface area contributed by atoms with E-state index in [1.54, 1.807) is 0 Å². The van der Waals surface area contributed by atoms with E-state index in [1.165, 1.54) is 70.8 Å². The summed E-state index contributed by atoms with van der Waals surface area (Å²) in [6.45, 7) is 8.88. The largest absolute Gasteiger partial charge is 0.0616 e. The molecule has 0 aliphatic heterocycles. The minimum absolute atomic E-state index is 0.784. The Morgan fingerprint density at radius 2 is 0.919 bits per heavy atom. The lowest BCUT2D eigenvalue weighted by molar-refractivity contribution is 1.40. The average molecular weight is 495 g/mol. The molecule has 1 heteroatoms. The van der Waals surface area contributed by atoms with Gasteiger partial charge in [0.1, 0.15) is 0 Å². The Balaban J connectivity index is 1.75. The van der Waals surface area contributed by atoms with Gasteiger partial charge < -0.3 is 0 Å². The van der Waals surface area contributed by atoms with Crippen molar-refractivity contribution in [2.24, 2.45) is 0 Å². The van der Waals surface area contributed by atoms with E-state index >= 15 is 0 Å². The molecule has 0 aromatic heterocycles. The second-order valence-corrected chi connectivity index (χ2v) is 12.4. The van der Waals surface area contributed by atoms with Gasteiger partial charge in [0.2, 0.25) is 0 Å². The summed E-state index contributed by atoms with van der Waals surface area (Å²) in [6, 6.07) is 43.3. The molecule has 0 heterocycles. The zero-order chi connectivity index (χ0) is 25.5. The first-order valence-electron chi connectivity index (χ1n) is 12.9.